The molecule has 2 rings (SSSR count). The summed E-state index contributed by atoms with van der Waals surface area (Å²) in [5, 5.41) is 1.99. The summed E-state index contributed by atoms with van der Waals surface area (Å²) in [4.78, 5) is 13.9. The van der Waals surface area contributed by atoms with Gasteiger partial charge in [-0.1, -0.05) is 42.3 Å². The highest BCUT2D eigenvalue weighted by molar-refractivity contribution is 6.20. The van der Waals surface area contributed by atoms with Crippen LogP contribution in [0.1, 0.15) is 11.1 Å². The number of ether oxygens (including phenoxy) is 2. The average Bonchev–Trinajstić information content (AvgIpc) is 2.53. The molecule has 0 unspecified atom stereocenters. The fraction of sp³-hybridized carbons (Fsp3) is 0.176. The van der Waals surface area contributed by atoms with E-state index in [1.807, 2.05) is 36.4 Å². The van der Waals surface area contributed by atoms with Gasteiger partial charge in [-0.05, 0) is 21.9 Å². The van der Waals surface area contributed by atoms with Gasteiger partial charge in [-0.25, -0.2) is 4.79 Å². The first-order valence-electron chi connectivity index (χ1n) is 6.61. The molecule has 5 nitrogen and oxygen atoms in total. The first-order valence-corrected chi connectivity index (χ1v) is 6.61. The standard InChI is InChI=1S/C17H14N2O3/c1-2-9-21-11-14-7-3-5-13-6-4-8-15(17(13)14)12-22-16(20)10-19-18/h1,3-8,10H,9,11-12H2. The van der Waals surface area contributed by atoms with Gasteiger partial charge in [-0.2, -0.15) is 4.79 Å². The van der Waals surface area contributed by atoms with Crippen molar-refractivity contribution in [1.82, 2.24) is 0 Å². The second kappa shape index (κ2) is 7.75. The van der Waals surface area contributed by atoms with Gasteiger partial charge in [0.05, 0.1) is 6.61 Å². The fourth-order valence-electron chi connectivity index (χ4n) is 2.20. The van der Waals surface area contributed by atoms with Crippen LogP contribution in [-0.2, 0) is 27.5 Å². The quantitative estimate of drug-likeness (QED) is 0.205. The second-order valence-electron chi connectivity index (χ2n) is 4.48. The van der Waals surface area contributed by atoms with E-state index in [9.17, 15) is 4.79 Å². The molecule has 0 radical (unpaired) electrons. The van der Waals surface area contributed by atoms with Gasteiger partial charge in [-0.3, -0.25) is 0 Å². The van der Waals surface area contributed by atoms with Gasteiger partial charge in [0.25, 0.3) is 0 Å². The lowest BCUT2D eigenvalue weighted by Crippen LogP contribution is -2.07. The highest BCUT2D eigenvalue weighted by atomic mass is 16.5. The minimum absolute atomic E-state index is 0.0777. The maximum absolute atomic E-state index is 11.3. The van der Waals surface area contributed by atoms with Crippen LogP contribution >= 0.6 is 0 Å². The zero-order valence-electron chi connectivity index (χ0n) is 11.9. The van der Waals surface area contributed by atoms with Gasteiger partial charge in [-0.15, -0.1) is 6.42 Å². The van der Waals surface area contributed by atoms with Gasteiger partial charge in [0.2, 0.25) is 0 Å². The van der Waals surface area contributed by atoms with Crippen LogP contribution in [0, 0.1) is 12.3 Å². The Morgan fingerprint density at radius 2 is 1.91 bits per heavy atom. The molecule has 2 aromatic rings. The largest absolute Gasteiger partial charge is 0.452 e. The van der Waals surface area contributed by atoms with Gasteiger partial charge >= 0.3 is 12.2 Å². The predicted octanol–water partition coefficient (Wildman–Crippen LogP) is 2.33. The molecule has 0 atom stereocenters. The van der Waals surface area contributed by atoms with E-state index in [1.54, 1.807) is 0 Å². The van der Waals surface area contributed by atoms with E-state index in [-0.39, 0.29) is 13.2 Å². The van der Waals surface area contributed by atoms with E-state index in [2.05, 4.69) is 10.7 Å². The average molecular weight is 294 g/mol. The Labute approximate surface area is 128 Å². The highest BCUT2D eigenvalue weighted by Gasteiger charge is 2.09. The molecule has 0 fully saturated rings. The normalized spacial score (nSPS) is 9.77. The van der Waals surface area contributed by atoms with Crippen LogP contribution in [0.3, 0.4) is 0 Å². The molecule has 0 bridgehead atoms. The van der Waals surface area contributed by atoms with Crippen LogP contribution < -0.4 is 0 Å². The van der Waals surface area contributed by atoms with Crippen molar-refractivity contribution in [1.29, 1.82) is 0 Å². The Morgan fingerprint density at radius 3 is 2.55 bits per heavy atom. The van der Waals surface area contributed by atoms with Crippen molar-refractivity contribution in [2.75, 3.05) is 6.61 Å². The van der Waals surface area contributed by atoms with E-state index >= 15 is 0 Å². The van der Waals surface area contributed by atoms with E-state index < -0.39 is 5.97 Å². The SMILES string of the molecule is C#CCOCc1cccc2cccc(COC(=O)C=[N+]=[N-])c12. The van der Waals surface area contributed by atoms with Gasteiger partial charge in [0.1, 0.15) is 13.2 Å². The molecule has 0 spiro atoms. The summed E-state index contributed by atoms with van der Waals surface area (Å²) in [5.74, 6) is 1.72. The molecule has 0 amide bonds. The van der Waals surface area contributed by atoms with Gasteiger partial charge < -0.3 is 15.0 Å². The number of hydrogen-bond donors (Lipinski definition) is 0. The number of fused-ring (bicyclic) bond motifs is 1. The number of carbonyl (C=O) groups excluding carboxylic acids is 1. The van der Waals surface area contributed by atoms with Gasteiger partial charge in [0, 0.05) is 0 Å². The molecule has 0 saturated heterocycles. The molecule has 0 heterocycles. The molecule has 0 aliphatic rings. The smallest absolute Gasteiger partial charge is 0.413 e. The molecular formula is C17H14N2O3. The minimum Gasteiger partial charge on any atom is -0.452 e. The zero-order valence-corrected chi connectivity index (χ0v) is 11.9. The summed E-state index contributed by atoms with van der Waals surface area (Å²) in [6, 6.07) is 11.6. The van der Waals surface area contributed by atoms with Crippen molar-refractivity contribution >= 4 is 23.0 Å². The van der Waals surface area contributed by atoms with Gasteiger partial charge in [0.15, 0.2) is 0 Å². The molecule has 0 aromatic heterocycles. The van der Waals surface area contributed by atoms with E-state index in [1.165, 1.54) is 0 Å². The number of esters is 1. The van der Waals surface area contributed by atoms with Crippen molar-refractivity contribution in [3.05, 3.63) is 53.1 Å². The monoisotopic (exact) mass is 294 g/mol. The van der Waals surface area contributed by atoms with E-state index in [4.69, 9.17) is 21.4 Å². The van der Waals surface area contributed by atoms with E-state index in [0.717, 1.165) is 21.9 Å². The number of terminal acetylenes is 1. The van der Waals surface area contributed by atoms with Crippen LogP contribution in [0.25, 0.3) is 16.3 Å². The maximum atomic E-state index is 11.3. The summed E-state index contributed by atoms with van der Waals surface area (Å²) in [5.41, 5.74) is 10.1. The lowest BCUT2D eigenvalue weighted by Gasteiger charge is -2.11. The number of rotatable bonds is 6. The molecule has 0 aliphatic heterocycles. The third-order valence-electron chi connectivity index (χ3n) is 3.05. The molecule has 0 aliphatic carbocycles. The maximum Gasteiger partial charge on any atom is 0.413 e. The minimum atomic E-state index is -0.708. The van der Waals surface area contributed by atoms with Crippen LogP contribution in [0.5, 0.6) is 0 Å². The van der Waals surface area contributed by atoms with Crippen molar-refractivity contribution in [3.63, 3.8) is 0 Å². The van der Waals surface area contributed by atoms with Crippen molar-refractivity contribution in [2.24, 2.45) is 0 Å². The van der Waals surface area contributed by atoms with E-state index in [0.29, 0.717) is 12.8 Å². The number of nitrogens with zero attached hydrogens (tertiary/aromatic N) is 2. The summed E-state index contributed by atoms with van der Waals surface area (Å²) < 4.78 is 10.4. The molecule has 0 N–H and O–H groups in total. The topological polar surface area (TPSA) is 71.9 Å². The van der Waals surface area contributed by atoms with Crippen LogP contribution in [-0.4, -0.2) is 23.6 Å². The highest BCUT2D eigenvalue weighted by Crippen LogP contribution is 2.24. The fourth-order valence-corrected chi connectivity index (χ4v) is 2.20. The Balaban J connectivity index is 2.30. The molecule has 5 heteroatoms. The summed E-state index contributed by atoms with van der Waals surface area (Å²) >= 11 is 0. The zero-order chi connectivity index (χ0) is 15.8. The number of carbonyl (C=O) groups is 1. The second-order valence-corrected chi connectivity index (χ2v) is 4.48. The first kappa shape index (κ1) is 15.5. The Morgan fingerprint density at radius 1 is 1.23 bits per heavy atom. The molecular weight excluding hydrogens is 280 g/mol. The third kappa shape index (κ3) is 3.80. The third-order valence-corrected chi connectivity index (χ3v) is 3.05. The Kier molecular flexibility index (Phi) is 5.44. The van der Waals surface area contributed by atoms with Crippen molar-refractivity contribution in [2.45, 2.75) is 13.2 Å². The first-order chi connectivity index (χ1) is 10.8. The van der Waals surface area contributed by atoms with Crippen LogP contribution in [0.4, 0.5) is 0 Å². The lowest BCUT2D eigenvalue weighted by atomic mass is 10.00. The summed E-state index contributed by atoms with van der Waals surface area (Å²) in [6.07, 6.45) is 5.89. The Hall–Kier alpha value is -2.93. The molecule has 22 heavy (non-hydrogen) atoms. The van der Waals surface area contributed by atoms with Crippen LogP contribution in [0.2, 0.25) is 0 Å². The lowest BCUT2D eigenvalue weighted by molar-refractivity contribution is -0.140. The van der Waals surface area contributed by atoms with Crippen LogP contribution in [0.15, 0.2) is 36.4 Å². The Bertz CT molecular complexity index is 766. The molecule has 0 saturated carbocycles. The predicted molar refractivity (Wildman–Crippen MR) is 81.9 cm³/mol. The van der Waals surface area contributed by atoms with Crippen molar-refractivity contribution in [3.8, 4) is 12.3 Å². The number of benzene rings is 2. The summed E-state index contributed by atoms with van der Waals surface area (Å²) in [7, 11) is 0. The number of hydrogen-bond acceptors (Lipinski definition) is 3. The molecule has 2 aromatic carbocycles. The molecule has 110 valence electrons. The summed E-state index contributed by atoms with van der Waals surface area (Å²) in [6.45, 7) is 0.694. The van der Waals surface area contributed by atoms with Crippen molar-refractivity contribution < 1.29 is 19.1 Å².